The molecular formula is C33H45B3O6. The first-order valence-corrected chi connectivity index (χ1v) is 15.8. The van der Waals surface area contributed by atoms with E-state index in [1.807, 2.05) is 72.8 Å². The van der Waals surface area contributed by atoms with Crippen molar-refractivity contribution in [2.45, 2.75) is 78.6 Å². The molecule has 1 aliphatic heterocycles. The molecule has 1 aliphatic rings. The number of hydrogen-bond acceptors (Lipinski definition) is 6. The zero-order chi connectivity index (χ0) is 29.4. The van der Waals surface area contributed by atoms with Gasteiger partial charge in [-0.2, -0.15) is 0 Å². The highest BCUT2D eigenvalue weighted by molar-refractivity contribution is 6.87. The number of hydrogen-bond donors (Lipinski definition) is 0. The second-order valence-electron chi connectivity index (χ2n) is 10.8. The van der Waals surface area contributed by atoms with Crippen LogP contribution in [0.3, 0.4) is 0 Å². The van der Waals surface area contributed by atoms with Crippen molar-refractivity contribution in [2.24, 2.45) is 0 Å². The van der Waals surface area contributed by atoms with E-state index in [1.54, 1.807) is 0 Å². The summed E-state index contributed by atoms with van der Waals surface area (Å²) in [6.45, 7) is 8.74. The van der Waals surface area contributed by atoms with Crippen molar-refractivity contribution in [2.75, 3.05) is 19.8 Å². The van der Waals surface area contributed by atoms with Gasteiger partial charge in [0.2, 0.25) is 0 Å². The first-order chi connectivity index (χ1) is 20.7. The van der Waals surface area contributed by atoms with Crippen LogP contribution in [0, 0.1) is 0 Å². The van der Waals surface area contributed by atoms with Gasteiger partial charge in [-0.25, -0.2) is 0 Å². The van der Waals surface area contributed by atoms with E-state index in [-0.39, 0.29) is 0 Å². The molecule has 0 spiro atoms. The van der Waals surface area contributed by atoms with Crippen molar-refractivity contribution in [1.82, 2.24) is 0 Å². The lowest BCUT2D eigenvalue weighted by molar-refractivity contribution is 0.304. The molecule has 1 saturated heterocycles. The van der Waals surface area contributed by atoms with E-state index in [9.17, 15) is 0 Å². The molecule has 0 atom stereocenters. The van der Waals surface area contributed by atoms with E-state index in [1.165, 1.54) is 38.5 Å². The minimum absolute atomic E-state index is 0.613. The summed E-state index contributed by atoms with van der Waals surface area (Å²) in [5.41, 5.74) is 2.71. The SMILES string of the molecule is CCCCCOc1ccc(B2OB(c3ccc(OCCCCC)cc3)OB(c3ccc(OCCCCC)cc3)O2)cc1. The van der Waals surface area contributed by atoms with E-state index in [2.05, 4.69) is 20.8 Å². The van der Waals surface area contributed by atoms with Crippen LogP contribution in [-0.4, -0.2) is 41.2 Å². The molecule has 42 heavy (non-hydrogen) atoms. The third kappa shape index (κ3) is 10.1. The van der Waals surface area contributed by atoms with Crippen LogP contribution < -0.4 is 30.6 Å². The topological polar surface area (TPSA) is 55.4 Å². The Morgan fingerprint density at radius 1 is 0.405 bits per heavy atom. The van der Waals surface area contributed by atoms with Gasteiger partial charge in [-0.15, -0.1) is 0 Å². The highest BCUT2D eigenvalue weighted by Crippen LogP contribution is 2.17. The highest BCUT2D eigenvalue weighted by Gasteiger charge is 2.43. The lowest BCUT2D eigenvalue weighted by atomic mass is 9.61. The molecule has 9 heteroatoms. The van der Waals surface area contributed by atoms with E-state index in [0.717, 1.165) is 72.7 Å². The van der Waals surface area contributed by atoms with Gasteiger partial charge in [0.05, 0.1) is 19.8 Å². The predicted molar refractivity (Wildman–Crippen MR) is 174 cm³/mol. The molecule has 6 nitrogen and oxygen atoms in total. The number of benzene rings is 3. The van der Waals surface area contributed by atoms with Gasteiger partial charge >= 0.3 is 21.4 Å². The molecule has 0 amide bonds. The average Bonchev–Trinajstić information content (AvgIpc) is 3.04. The van der Waals surface area contributed by atoms with Crippen molar-refractivity contribution in [1.29, 1.82) is 0 Å². The van der Waals surface area contributed by atoms with E-state index >= 15 is 0 Å². The van der Waals surface area contributed by atoms with Crippen LogP contribution in [0.5, 0.6) is 17.2 Å². The molecule has 1 fully saturated rings. The van der Waals surface area contributed by atoms with Crippen molar-refractivity contribution in [3.05, 3.63) is 72.8 Å². The fourth-order valence-corrected chi connectivity index (χ4v) is 4.69. The van der Waals surface area contributed by atoms with Crippen molar-refractivity contribution in [3.63, 3.8) is 0 Å². The van der Waals surface area contributed by atoms with Gasteiger partial charge in [0.15, 0.2) is 0 Å². The summed E-state index contributed by atoms with van der Waals surface area (Å²) < 4.78 is 36.8. The summed E-state index contributed by atoms with van der Waals surface area (Å²) in [7, 11) is -1.84. The van der Waals surface area contributed by atoms with Gasteiger partial charge in [-0.1, -0.05) is 95.7 Å². The lowest BCUT2D eigenvalue weighted by Crippen LogP contribution is -2.61. The summed E-state index contributed by atoms with van der Waals surface area (Å²) in [4.78, 5) is 0. The third-order valence-corrected chi connectivity index (χ3v) is 7.25. The Hall–Kier alpha value is -2.87. The van der Waals surface area contributed by atoms with Gasteiger partial charge in [-0.3, -0.25) is 0 Å². The molecule has 0 aliphatic carbocycles. The van der Waals surface area contributed by atoms with Crippen LogP contribution in [0.2, 0.25) is 0 Å². The number of rotatable bonds is 18. The largest absolute Gasteiger partial charge is 0.494 e. The van der Waals surface area contributed by atoms with Crippen LogP contribution in [0.25, 0.3) is 0 Å². The van der Waals surface area contributed by atoms with Gasteiger partial charge in [-0.05, 0) is 72.0 Å². The summed E-state index contributed by atoms with van der Waals surface area (Å²) in [5, 5.41) is 0. The minimum atomic E-state index is -0.613. The third-order valence-electron chi connectivity index (χ3n) is 7.25. The van der Waals surface area contributed by atoms with Gasteiger partial charge < -0.3 is 27.9 Å². The van der Waals surface area contributed by atoms with Crippen LogP contribution in [0.15, 0.2) is 72.8 Å². The van der Waals surface area contributed by atoms with Gasteiger partial charge in [0.1, 0.15) is 17.2 Å². The average molecular weight is 570 g/mol. The maximum absolute atomic E-state index is 6.37. The maximum Gasteiger partial charge on any atom is 0.467 e. The zero-order valence-corrected chi connectivity index (χ0v) is 25.6. The summed E-state index contributed by atoms with van der Waals surface area (Å²) in [5.74, 6) is 2.54. The van der Waals surface area contributed by atoms with E-state index < -0.39 is 21.4 Å². The van der Waals surface area contributed by atoms with Crippen molar-refractivity contribution in [3.8, 4) is 17.2 Å². The smallest absolute Gasteiger partial charge is 0.467 e. The predicted octanol–water partition coefficient (Wildman–Crippen LogP) is 5.94. The number of ether oxygens (including phenoxy) is 3. The Morgan fingerprint density at radius 3 is 0.905 bits per heavy atom. The Balaban J connectivity index is 1.46. The lowest BCUT2D eigenvalue weighted by Gasteiger charge is -2.31. The molecule has 0 saturated carbocycles. The summed E-state index contributed by atoms with van der Waals surface area (Å²) in [6.07, 6.45) is 10.2. The first-order valence-electron chi connectivity index (χ1n) is 15.8. The quantitative estimate of drug-likeness (QED) is 0.139. The maximum atomic E-state index is 6.37. The van der Waals surface area contributed by atoms with Gasteiger partial charge in [0, 0.05) is 0 Å². The monoisotopic (exact) mass is 570 g/mol. The molecule has 0 unspecified atom stereocenters. The summed E-state index contributed by atoms with van der Waals surface area (Å²) in [6, 6.07) is 23.8. The Labute approximate surface area is 253 Å². The molecule has 0 bridgehead atoms. The molecule has 3 aromatic carbocycles. The van der Waals surface area contributed by atoms with E-state index in [4.69, 9.17) is 27.9 Å². The second-order valence-corrected chi connectivity index (χ2v) is 10.8. The van der Waals surface area contributed by atoms with Gasteiger partial charge in [0.25, 0.3) is 0 Å². The van der Waals surface area contributed by atoms with Crippen LogP contribution in [0.4, 0.5) is 0 Å². The van der Waals surface area contributed by atoms with Crippen molar-refractivity contribution < 1.29 is 27.9 Å². The van der Waals surface area contributed by atoms with E-state index in [0.29, 0.717) is 0 Å². The highest BCUT2D eigenvalue weighted by atomic mass is 16.7. The Bertz CT molecular complexity index is 992. The number of unbranched alkanes of at least 4 members (excludes halogenated alkanes) is 6. The molecule has 0 radical (unpaired) electrons. The molecule has 3 aromatic rings. The molecule has 4 rings (SSSR count). The second kappa shape index (κ2) is 17.9. The molecular weight excluding hydrogens is 525 g/mol. The normalized spacial score (nSPS) is 13.4. The molecule has 1 heterocycles. The molecule has 0 aromatic heterocycles. The Morgan fingerprint density at radius 2 is 0.667 bits per heavy atom. The first kappa shape index (κ1) is 32.1. The standard InChI is InChI=1S/C33H45B3O6/c1-4-7-10-25-37-31-19-13-28(14-20-31)34-40-35(29-15-21-32(22-16-29)38-26-11-8-5-2)42-36(41-34)30-17-23-33(24-18-30)39-27-12-9-6-3/h13-24H,4-12,25-27H2,1-3H3. The summed E-state index contributed by atoms with van der Waals surface area (Å²) >= 11 is 0. The van der Waals surface area contributed by atoms with Crippen LogP contribution in [0.1, 0.15) is 78.6 Å². The van der Waals surface area contributed by atoms with Crippen molar-refractivity contribution >= 4 is 37.7 Å². The van der Waals surface area contributed by atoms with Crippen LogP contribution in [-0.2, 0) is 13.7 Å². The fraction of sp³-hybridized carbons (Fsp3) is 0.455. The fourth-order valence-electron chi connectivity index (χ4n) is 4.69. The Kier molecular flexibility index (Phi) is 13.7. The molecule has 0 N–H and O–H groups in total. The minimum Gasteiger partial charge on any atom is -0.494 e. The molecule has 222 valence electrons. The van der Waals surface area contributed by atoms with Crippen LogP contribution >= 0.6 is 0 Å². The zero-order valence-electron chi connectivity index (χ0n) is 25.6.